The molecule has 3 aromatic rings. The summed E-state index contributed by atoms with van der Waals surface area (Å²) in [6.45, 7) is 1.86. The maximum absolute atomic E-state index is 11.9. The van der Waals surface area contributed by atoms with Gasteiger partial charge < -0.3 is 4.42 Å². The first-order valence-corrected chi connectivity index (χ1v) is 7.61. The number of furan rings is 1. The van der Waals surface area contributed by atoms with E-state index in [1.807, 2.05) is 25.1 Å². The first-order valence-electron chi connectivity index (χ1n) is 7.24. The van der Waals surface area contributed by atoms with E-state index in [9.17, 15) is 4.79 Å². The van der Waals surface area contributed by atoms with Gasteiger partial charge in [-0.1, -0.05) is 11.6 Å². The van der Waals surface area contributed by atoms with Gasteiger partial charge in [0.1, 0.15) is 11.5 Å². The lowest BCUT2D eigenvalue weighted by Gasteiger charge is -1.99. The van der Waals surface area contributed by atoms with E-state index in [1.165, 1.54) is 12.4 Å². The van der Waals surface area contributed by atoms with Crippen LogP contribution in [0, 0.1) is 6.92 Å². The summed E-state index contributed by atoms with van der Waals surface area (Å²) >= 11 is 5.87. The van der Waals surface area contributed by atoms with Crippen molar-refractivity contribution >= 4 is 23.7 Å². The molecule has 0 aliphatic carbocycles. The zero-order valence-electron chi connectivity index (χ0n) is 12.9. The highest BCUT2D eigenvalue weighted by Crippen LogP contribution is 2.23. The second-order valence-electron chi connectivity index (χ2n) is 5.10. The number of aromatic nitrogens is 1. The van der Waals surface area contributed by atoms with Gasteiger partial charge in [-0.05, 0) is 55.5 Å². The summed E-state index contributed by atoms with van der Waals surface area (Å²) in [4.78, 5) is 16.0. The highest BCUT2D eigenvalue weighted by atomic mass is 35.5. The Morgan fingerprint density at radius 2 is 1.96 bits per heavy atom. The fraction of sp³-hybridized carbons (Fsp3) is 0.0556. The zero-order valence-corrected chi connectivity index (χ0v) is 13.6. The van der Waals surface area contributed by atoms with Crippen LogP contribution in [-0.2, 0) is 0 Å². The molecule has 0 saturated carbocycles. The molecule has 0 bridgehead atoms. The second kappa shape index (κ2) is 7.10. The van der Waals surface area contributed by atoms with Gasteiger partial charge in [-0.3, -0.25) is 9.78 Å². The van der Waals surface area contributed by atoms with E-state index in [0.717, 1.165) is 11.3 Å². The number of hydrogen-bond acceptors (Lipinski definition) is 4. The van der Waals surface area contributed by atoms with Crippen molar-refractivity contribution in [2.45, 2.75) is 6.92 Å². The van der Waals surface area contributed by atoms with E-state index >= 15 is 0 Å². The Morgan fingerprint density at radius 1 is 1.17 bits per heavy atom. The highest BCUT2D eigenvalue weighted by Gasteiger charge is 2.05. The number of nitrogens with one attached hydrogen (secondary N) is 1. The summed E-state index contributed by atoms with van der Waals surface area (Å²) in [5, 5.41) is 4.56. The molecule has 2 heterocycles. The van der Waals surface area contributed by atoms with E-state index in [4.69, 9.17) is 16.0 Å². The minimum atomic E-state index is -0.330. The predicted molar refractivity (Wildman–Crippen MR) is 93.2 cm³/mol. The van der Waals surface area contributed by atoms with Gasteiger partial charge >= 0.3 is 0 Å². The van der Waals surface area contributed by atoms with Gasteiger partial charge in [0.05, 0.1) is 11.8 Å². The summed E-state index contributed by atoms with van der Waals surface area (Å²) in [6, 6.07) is 14.4. The van der Waals surface area contributed by atoms with Gasteiger partial charge in [-0.2, -0.15) is 5.10 Å². The number of rotatable bonds is 4. The highest BCUT2D eigenvalue weighted by molar-refractivity contribution is 6.30. The van der Waals surface area contributed by atoms with E-state index in [2.05, 4.69) is 15.5 Å². The number of pyridine rings is 1. The van der Waals surface area contributed by atoms with E-state index in [0.29, 0.717) is 22.1 Å². The third kappa shape index (κ3) is 3.88. The summed E-state index contributed by atoms with van der Waals surface area (Å²) in [5.41, 5.74) is 4.64. The average molecular weight is 340 g/mol. The molecule has 5 nitrogen and oxygen atoms in total. The quantitative estimate of drug-likeness (QED) is 0.575. The molecular weight excluding hydrogens is 326 g/mol. The normalized spacial score (nSPS) is 10.9. The summed E-state index contributed by atoms with van der Waals surface area (Å²) in [6.07, 6.45) is 2.95. The van der Waals surface area contributed by atoms with Gasteiger partial charge in [-0.15, -0.1) is 0 Å². The van der Waals surface area contributed by atoms with Gasteiger partial charge in [0.25, 0.3) is 5.91 Å². The smallest absolute Gasteiger partial charge is 0.272 e. The van der Waals surface area contributed by atoms with Gasteiger partial charge in [0.15, 0.2) is 0 Å². The van der Waals surface area contributed by atoms with Crippen molar-refractivity contribution in [3.05, 3.63) is 76.8 Å². The fourth-order valence-electron chi connectivity index (χ4n) is 2.01. The number of hydrogen-bond donors (Lipinski definition) is 1. The summed E-state index contributed by atoms with van der Waals surface area (Å²) < 4.78 is 5.66. The maximum Gasteiger partial charge on any atom is 0.272 e. The Hall–Kier alpha value is -2.92. The number of carbonyl (C=O) groups excluding carboxylic acids is 1. The lowest BCUT2D eigenvalue weighted by atomic mass is 10.2. The Balaban J connectivity index is 1.64. The number of carbonyl (C=O) groups is 1. The minimum absolute atomic E-state index is 0.330. The van der Waals surface area contributed by atoms with Crippen molar-refractivity contribution in [3.8, 4) is 11.3 Å². The minimum Gasteiger partial charge on any atom is -0.455 e. The monoisotopic (exact) mass is 339 g/mol. The van der Waals surface area contributed by atoms with E-state index in [1.54, 1.807) is 30.3 Å². The average Bonchev–Trinajstić information content (AvgIpc) is 3.05. The summed E-state index contributed by atoms with van der Waals surface area (Å²) in [7, 11) is 0. The lowest BCUT2D eigenvalue weighted by molar-refractivity contribution is 0.0954. The van der Waals surface area contributed by atoms with Crippen LogP contribution in [0.25, 0.3) is 11.3 Å². The van der Waals surface area contributed by atoms with Gasteiger partial charge in [-0.25, -0.2) is 5.43 Å². The van der Waals surface area contributed by atoms with Gasteiger partial charge in [0.2, 0.25) is 0 Å². The van der Waals surface area contributed by atoms with Crippen molar-refractivity contribution in [1.82, 2.24) is 10.4 Å². The predicted octanol–water partition coefficient (Wildman–Crippen LogP) is 4.07. The molecule has 1 N–H and O–H groups in total. The number of hydrazone groups is 1. The van der Waals surface area contributed by atoms with Crippen molar-refractivity contribution in [1.29, 1.82) is 0 Å². The van der Waals surface area contributed by atoms with Crippen LogP contribution in [0.1, 0.15) is 21.8 Å². The first kappa shape index (κ1) is 16.0. The first-order chi connectivity index (χ1) is 11.6. The van der Waals surface area contributed by atoms with Crippen LogP contribution < -0.4 is 5.43 Å². The molecule has 0 radical (unpaired) electrons. The summed E-state index contributed by atoms with van der Waals surface area (Å²) in [5.74, 6) is 0.896. The Morgan fingerprint density at radius 3 is 2.67 bits per heavy atom. The van der Waals surface area contributed by atoms with Crippen molar-refractivity contribution in [2.75, 3.05) is 0 Å². The molecule has 0 unspecified atom stereocenters. The molecule has 120 valence electrons. The largest absolute Gasteiger partial charge is 0.455 e. The third-order valence-corrected chi connectivity index (χ3v) is 3.54. The van der Waals surface area contributed by atoms with Crippen LogP contribution in [0.2, 0.25) is 5.02 Å². The van der Waals surface area contributed by atoms with Crippen LogP contribution in [0.4, 0.5) is 0 Å². The zero-order chi connectivity index (χ0) is 16.9. The number of nitrogens with zero attached hydrogens (tertiary/aromatic N) is 2. The topological polar surface area (TPSA) is 67.5 Å². The fourth-order valence-corrected chi connectivity index (χ4v) is 2.14. The molecule has 0 fully saturated rings. The van der Waals surface area contributed by atoms with Crippen LogP contribution in [0.3, 0.4) is 0 Å². The molecular formula is C18H14ClN3O2. The van der Waals surface area contributed by atoms with Crippen LogP contribution in [0.5, 0.6) is 0 Å². The molecule has 1 amide bonds. The van der Waals surface area contributed by atoms with Crippen LogP contribution in [-0.4, -0.2) is 17.1 Å². The Kier molecular flexibility index (Phi) is 4.72. The van der Waals surface area contributed by atoms with Gasteiger partial charge in [0, 0.05) is 22.5 Å². The van der Waals surface area contributed by atoms with Crippen molar-refractivity contribution in [3.63, 3.8) is 0 Å². The Labute approximate surface area is 144 Å². The van der Waals surface area contributed by atoms with E-state index < -0.39 is 0 Å². The number of benzene rings is 1. The number of halogens is 1. The lowest BCUT2D eigenvalue weighted by Crippen LogP contribution is -2.17. The third-order valence-electron chi connectivity index (χ3n) is 3.29. The van der Waals surface area contributed by atoms with Crippen molar-refractivity contribution in [2.24, 2.45) is 5.10 Å². The molecule has 0 atom stereocenters. The molecule has 0 saturated heterocycles. The molecule has 24 heavy (non-hydrogen) atoms. The molecule has 1 aromatic carbocycles. The molecule has 0 aliphatic rings. The molecule has 6 heteroatoms. The number of amides is 1. The SMILES string of the molecule is Cc1ccc(C(=O)N/N=C/c2ccc(-c3ccc(Cl)cc3)o2)cn1. The van der Waals surface area contributed by atoms with Crippen LogP contribution >= 0.6 is 11.6 Å². The molecule has 0 spiro atoms. The molecule has 0 aliphatic heterocycles. The van der Waals surface area contributed by atoms with Crippen LogP contribution in [0.15, 0.2) is 64.2 Å². The molecule has 2 aromatic heterocycles. The van der Waals surface area contributed by atoms with E-state index in [-0.39, 0.29) is 5.91 Å². The molecule has 3 rings (SSSR count). The second-order valence-corrected chi connectivity index (χ2v) is 5.53. The Bertz CT molecular complexity index is 868. The number of aryl methyl sites for hydroxylation is 1. The maximum atomic E-state index is 11.9. The standard InChI is InChI=1S/C18H14ClN3O2/c1-12-2-3-14(10-20-12)18(23)22-21-11-16-8-9-17(24-16)13-4-6-15(19)7-5-13/h2-11H,1H3,(H,22,23)/b21-11+. The van der Waals surface area contributed by atoms with Crippen molar-refractivity contribution < 1.29 is 9.21 Å².